The van der Waals surface area contributed by atoms with Gasteiger partial charge in [-0.3, -0.25) is 4.79 Å². The molecule has 22 heavy (non-hydrogen) atoms. The Morgan fingerprint density at radius 3 is 2.68 bits per heavy atom. The molecule has 0 aromatic heterocycles. The van der Waals surface area contributed by atoms with E-state index in [9.17, 15) is 18.0 Å². The molecule has 0 aliphatic heterocycles. The number of hydrogen-bond acceptors (Lipinski definition) is 4. The summed E-state index contributed by atoms with van der Waals surface area (Å²) in [5.41, 5.74) is 0.369. The van der Waals surface area contributed by atoms with Crippen molar-refractivity contribution < 1.29 is 27.4 Å². The predicted octanol–water partition coefficient (Wildman–Crippen LogP) is 2.22. The number of hydrogen-bond donors (Lipinski definition) is 2. The molecule has 1 amide bonds. The molecule has 0 unspecified atom stereocenters. The Hall–Kier alpha value is -1.51. The number of anilines is 1. The van der Waals surface area contributed by atoms with Crippen molar-refractivity contribution in [2.24, 2.45) is 0 Å². The van der Waals surface area contributed by atoms with Crippen LogP contribution in [-0.2, 0) is 9.53 Å². The Kier molecular flexibility index (Phi) is 9.55. The summed E-state index contributed by atoms with van der Waals surface area (Å²) in [5, 5.41) is 5.40. The lowest BCUT2D eigenvalue weighted by molar-refractivity contribution is -0.153. The summed E-state index contributed by atoms with van der Waals surface area (Å²) in [6.45, 7) is -0.285. The van der Waals surface area contributed by atoms with E-state index in [0.717, 1.165) is 0 Å². The first-order chi connectivity index (χ1) is 9.90. The fourth-order valence-corrected chi connectivity index (χ4v) is 1.41. The highest BCUT2D eigenvalue weighted by Crippen LogP contribution is 2.21. The van der Waals surface area contributed by atoms with E-state index in [1.165, 1.54) is 18.2 Å². The standard InChI is InChI=1S/C13H17F3N2O3.ClH/c1-20-6-5-17-8-12(19)18-10-3-2-4-11(7-10)21-9-13(14,15)16;/h2-4,7,17H,5-6,8-9H2,1H3,(H,18,19);1H. The minimum absolute atomic E-state index is 0. The van der Waals surface area contributed by atoms with E-state index in [1.54, 1.807) is 13.2 Å². The van der Waals surface area contributed by atoms with Gasteiger partial charge in [0.05, 0.1) is 13.2 Å². The summed E-state index contributed by atoms with van der Waals surface area (Å²) >= 11 is 0. The van der Waals surface area contributed by atoms with E-state index in [0.29, 0.717) is 18.8 Å². The number of benzene rings is 1. The zero-order valence-corrected chi connectivity index (χ0v) is 12.7. The second kappa shape index (κ2) is 10.3. The van der Waals surface area contributed by atoms with Gasteiger partial charge in [0, 0.05) is 25.4 Å². The molecule has 0 radical (unpaired) electrons. The topological polar surface area (TPSA) is 59.6 Å². The van der Waals surface area contributed by atoms with Gasteiger partial charge in [-0.25, -0.2) is 0 Å². The van der Waals surface area contributed by atoms with Crippen molar-refractivity contribution in [2.45, 2.75) is 6.18 Å². The number of alkyl halides is 3. The maximum Gasteiger partial charge on any atom is 0.422 e. The number of halogens is 4. The summed E-state index contributed by atoms with van der Waals surface area (Å²) in [4.78, 5) is 11.6. The Balaban J connectivity index is 0.00000441. The van der Waals surface area contributed by atoms with Gasteiger partial charge in [0.25, 0.3) is 0 Å². The Morgan fingerprint density at radius 1 is 1.32 bits per heavy atom. The number of methoxy groups -OCH3 is 1. The number of rotatable bonds is 8. The SMILES string of the molecule is COCCNCC(=O)Nc1cccc(OCC(F)(F)F)c1.Cl. The van der Waals surface area contributed by atoms with Crippen LogP contribution >= 0.6 is 12.4 Å². The molecule has 0 bridgehead atoms. The van der Waals surface area contributed by atoms with Crippen molar-refractivity contribution in [3.05, 3.63) is 24.3 Å². The summed E-state index contributed by atoms with van der Waals surface area (Å²) in [6.07, 6.45) is -4.40. The average molecular weight is 343 g/mol. The van der Waals surface area contributed by atoms with Gasteiger partial charge >= 0.3 is 6.18 Å². The molecule has 0 aliphatic carbocycles. The molecule has 0 heterocycles. The van der Waals surface area contributed by atoms with Gasteiger partial charge in [-0.15, -0.1) is 12.4 Å². The second-order valence-electron chi connectivity index (χ2n) is 4.15. The number of ether oxygens (including phenoxy) is 2. The number of carbonyl (C=O) groups excluding carboxylic acids is 1. The van der Waals surface area contributed by atoms with Crippen LogP contribution in [0.1, 0.15) is 0 Å². The molecule has 126 valence electrons. The summed E-state index contributed by atoms with van der Waals surface area (Å²) in [7, 11) is 1.55. The van der Waals surface area contributed by atoms with Crippen LogP contribution in [0.2, 0.25) is 0 Å². The molecule has 0 saturated carbocycles. The van der Waals surface area contributed by atoms with E-state index in [2.05, 4.69) is 15.4 Å². The first-order valence-corrected chi connectivity index (χ1v) is 6.20. The minimum atomic E-state index is -4.40. The highest BCUT2D eigenvalue weighted by atomic mass is 35.5. The fraction of sp³-hybridized carbons (Fsp3) is 0.462. The maximum absolute atomic E-state index is 12.0. The van der Waals surface area contributed by atoms with Crippen LogP contribution in [0.4, 0.5) is 18.9 Å². The molecule has 9 heteroatoms. The van der Waals surface area contributed by atoms with Crippen molar-refractivity contribution in [2.75, 3.05) is 38.7 Å². The molecule has 0 atom stereocenters. The molecular weight excluding hydrogens is 325 g/mol. The van der Waals surface area contributed by atoms with Crippen LogP contribution in [0, 0.1) is 0 Å². The largest absolute Gasteiger partial charge is 0.484 e. The normalized spacial score (nSPS) is 10.7. The quantitative estimate of drug-likeness (QED) is 0.711. The van der Waals surface area contributed by atoms with E-state index >= 15 is 0 Å². The molecule has 0 spiro atoms. The molecular formula is C13H18ClF3N2O3. The molecule has 1 aromatic carbocycles. The second-order valence-corrected chi connectivity index (χ2v) is 4.15. The molecule has 0 aliphatic rings. The smallest absolute Gasteiger partial charge is 0.422 e. The number of amides is 1. The van der Waals surface area contributed by atoms with Crippen LogP contribution < -0.4 is 15.4 Å². The summed E-state index contributed by atoms with van der Waals surface area (Å²) < 4.78 is 45.5. The van der Waals surface area contributed by atoms with E-state index in [4.69, 9.17) is 4.74 Å². The van der Waals surface area contributed by atoms with E-state index < -0.39 is 12.8 Å². The Labute approximate surface area is 132 Å². The third kappa shape index (κ3) is 9.43. The van der Waals surface area contributed by atoms with E-state index in [-0.39, 0.29) is 30.6 Å². The van der Waals surface area contributed by atoms with Crippen molar-refractivity contribution in [3.63, 3.8) is 0 Å². The van der Waals surface area contributed by atoms with Crippen molar-refractivity contribution in [3.8, 4) is 5.75 Å². The van der Waals surface area contributed by atoms with Crippen LogP contribution in [0.15, 0.2) is 24.3 Å². The zero-order valence-electron chi connectivity index (χ0n) is 11.9. The molecule has 1 aromatic rings. The highest BCUT2D eigenvalue weighted by molar-refractivity contribution is 5.92. The van der Waals surface area contributed by atoms with Gasteiger partial charge < -0.3 is 20.1 Å². The predicted molar refractivity (Wildman–Crippen MR) is 78.6 cm³/mol. The number of nitrogens with one attached hydrogen (secondary N) is 2. The Bertz CT molecular complexity index is 458. The van der Waals surface area contributed by atoms with Gasteiger partial charge in [0.2, 0.25) is 5.91 Å². The van der Waals surface area contributed by atoms with Crippen molar-refractivity contribution in [1.29, 1.82) is 0 Å². The van der Waals surface area contributed by atoms with Gasteiger partial charge in [-0.2, -0.15) is 13.2 Å². The molecule has 0 saturated heterocycles. The molecule has 1 rings (SSSR count). The molecule has 0 fully saturated rings. The van der Waals surface area contributed by atoms with E-state index in [1.807, 2.05) is 0 Å². The van der Waals surface area contributed by atoms with Crippen LogP contribution in [0.5, 0.6) is 5.75 Å². The lowest BCUT2D eigenvalue weighted by atomic mass is 10.3. The van der Waals surface area contributed by atoms with Gasteiger partial charge in [0.15, 0.2) is 6.61 Å². The minimum Gasteiger partial charge on any atom is -0.484 e. The first kappa shape index (κ1) is 20.5. The zero-order chi connectivity index (χ0) is 15.7. The highest BCUT2D eigenvalue weighted by Gasteiger charge is 2.28. The van der Waals surface area contributed by atoms with Gasteiger partial charge in [0.1, 0.15) is 5.75 Å². The van der Waals surface area contributed by atoms with Crippen molar-refractivity contribution in [1.82, 2.24) is 5.32 Å². The summed E-state index contributed by atoms with van der Waals surface area (Å²) in [5.74, 6) is -0.267. The lowest BCUT2D eigenvalue weighted by Gasteiger charge is -2.11. The number of carbonyl (C=O) groups is 1. The average Bonchev–Trinajstić information content (AvgIpc) is 2.41. The van der Waals surface area contributed by atoms with Gasteiger partial charge in [-0.1, -0.05) is 6.07 Å². The van der Waals surface area contributed by atoms with Crippen LogP contribution in [0.3, 0.4) is 0 Å². The van der Waals surface area contributed by atoms with Gasteiger partial charge in [-0.05, 0) is 12.1 Å². The fourth-order valence-electron chi connectivity index (χ4n) is 1.41. The molecule has 5 nitrogen and oxygen atoms in total. The maximum atomic E-state index is 12.0. The third-order valence-corrected chi connectivity index (χ3v) is 2.29. The first-order valence-electron chi connectivity index (χ1n) is 6.20. The molecule has 2 N–H and O–H groups in total. The van der Waals surface area contributed by atoms with Crippen LogP contribution in [-0.4, -0.2) is 45.5 Å². The van der Waals surface area contributed by atoms with Crippen LogP contribution in [0.25, 0.3) is 0 Å². The monoisotopic (exact) mass is 342 g/mol. The Morgan fingerprint density at radius 2 is 2.05 bits per heavy atom. The summed E-state index contributed by atoms with van der Waals surface area (Å²) in [6, 6.07) is 5.78. The lowest BCUT2D eigenvalue weighted by Crippen LogP contribution is -2.30. The third-order valence-electron chi connectivity index (χ3n) is 2.29. The van der Waals surface area contributed by atoms with Crippen molar-refractivity contribution >= 4 is 24.0 Å².